The van der Waals surface area contributed by atoms with Gasteiger partial charge in [-0.15, -0.1) is 0 Å². The van der Waals surface area contributed by atoms with Crippen LogP contribution in [0.4, 0.5) is 14.4 Å². The molecular weight excluding hydrogens is 1570 g/mol. The summed E-state index contributed by atoms with van der Waals surface area (Å²) in [7, 11) is 0. The number of hydrogen-bond acceptors (Lipinski definition) is 33. The highest BCUT2D eigenvalue weighted by molar-refractivity contribution is 5.60. The first-order valence-electron chi connectivity index (χ1n) is 43.9. The Morgan fingerprint density at radius 3 is 0.358 bits per heavy atom. The second-order valence-electron chi connectivity index (χ2n) is 33.1. The van der Waals surface area contributed by atoms with Crippen molar-refractivity contribution in [3.8, 4) is 0 Å². The average Bonchev–Trinajstić information content (AvgIpc) is 0.928. The van der Waals surface area contributed by atoms with E-state index in [0.29, 0.717) is 139 Å². The van der Waals surface area contributed by atoms with Crippen LogP contribution >= 0.6 is 0 Å². The van der Waals surface area contributed by atoms with Gasteiger partial charge in [-0.2, -0.15) is 0 Å². The molecule has 716 valence electrons. The average molecular weight is 1740 g/mol. The molecule has 33 heteroatoms. The first-order chi connectivity index (χ1) is 56.5. The van der Waals surface area contributed by atoms with Gasteiger partial charge in [0.25, 0.3) is 0 Å². The van der Waals surface area contributed by atoms with E-state index in [4.69, 9.17) is 142 Å². The summed E-state index contributed by atoms with van der Waals surface area (Å²) in [6.07, 6.45) is -8.58. The molecule has 0 aliphatic heterocycles. The van der Waals surface area contributed by atoms with Gasteiger partial charge < -0.3 is 142 Å². The lowest BCUT2D eigenvalue weighted by atomic mass is 10.3. The lowest BCUT2D eigenvalue weighted by Gasteiger charge is -2.27. The van der Waals surface area contributed by atoms with Crippen molar-refractivity contribution in [1.82, 2.24) is 0 Å². The van der Waals surface area contributed by atoms with Crippen LogP contribution in [0.3, 0.4) is 0 Å². The topological polar surface area (TPSA) is 328 Å². The Balaban J connectivity index is 5.20. The Kier molecular flexibility index (Phi) is 70.0. The SMILES string of the molecule is CC(C)OC(=O)OCC(C)OCC(C)OCC(C)OCC(C)OCC(C)OCC(C)OCC(C)OCC(C)OCC(COC(C)COC(C)COC(C)COC(C)COC(C)COC(C)COC(C)COC(C)COC(=O)OC(C)C)OC(C)COC(C)COC(C)COC(C)COC(C)COC(C)COC(C)COC(C)COC(=O)OC(C)C. The highest BCUT2D eigenvalue weighted by atomic mass is 16.8. The molecule has 0 bridgehead atoms. The molecule has 24 atom stereocenters. The van der Waals surface area contributed by atoms with E-state index in [9.17, 15) is 14.4 Å². The van der Waals surface area contributed by atoms with Crippen LogP contribution in [-0.4, -0.2) is 361 Å². The molecule has 0 aliphatic carbocycles. The molecule has 120 heavy (non-hydrogen) atoms. The van der Waals surface area contributed by atoms with Crippen LogP contribution in [0.15, 0.2) is 0 Å². The van der Waals surface area contributed by atoms with Crippen molar-refractivity contribution in [2.75, 3.05) is 172 Å². The number of rotatable bonds is 80. The number of carbonyl (C=O) groups is 3. The van der Waals surface area contributed by atoms with Crippen LogP contribution in [0.2, 0.25) is 0 Å². The van der Waals surface area contributed by atoms with Gasteiger partial charge in [-0.05, 0) is 208 Å². The van der Waals surface area contributed by atoms with E-state index >= 15 is 0 Å². The minimum Gasteiger partial charge on any atom is -0.432 e. The molecule has 0 aromatic rings. The van der Waals surface area contributed by atoms with Gasteiger partial charge in [0.05, 0.1) is 317 Å². The highest BCUT2D eigenvalue weighted by Crippen LogP contribution is 2.15. The summed E-state index contributed by atoms with van der Waals surface area (Å²) < 4.78 is 176. The van der Waals surface area contributed by atoms with E-state index in [2.05, 4.69) is 0 Å². The Bertz CT molecular complexity index is 2290. The van der Waals surface area contributed by atoms with Gasteiger partial charge in [0, 0.05) is 0 Å². The first kappa shape index (κ1) is 117. The normalized spacial score (nSPS) is 18.6. The van der Waals surface area contributed by atoms with Gasteiger partial charge in [0.15, 0.2) is 0 Å². The molecule has 33 nitrogen and oxygen atoms in total. The Morgan fingerprint density at radius 2 is 0.242 bits per heavy atom. The largest absolute Gasteiger partial charge is 0.508 e. The molecule has 0 radical (unpaired) electrons. The molecule has 0 aliphatic rings. The standard InChI is InChI=1S/C87H170O33/c1-57(2)117-85(88)114-51-80(27)108-45-74(21)102-39-68(15)96-33-62(9)91-31-60(7)94-37-66(13)100-43-72(19)106-49-78(25)112-55-84(120-83(30)54-111-77(24)48-105-71(18)42-99-65(12)36-93-64(11)35-98-70(17)41-104-76(23)47-110-82(29)53-116-87(90)119-59(5)6)56-113-79(26)50-107-73(20)44-101-67(14)38-95-61(8)32-92-63(10)34-97-69(16)40-103-75(22)46-109-81(28)52-115-86(89)118-58(3)4/h57-84H,31-56H2,1-30H3. The van der Waals surface area contributed by atoms with E-state index in [-0.39, 0.29) is 198 Å². The van der Waals surface area contributed by atoms with Gasteiger partial charge in [0.1, 0.15) is 25.9 Å². The summed E-state index contributed by atoms with van der Waals surface area (Å²) in [5, 5.41) is 0. The second-order valence-corrected chi connectivity index (χ2v) is 33.1. The quantitative estimate of drug-likeness (QED) is 0.0403. The van der Waals surface area contributed by atoms with Gasteiger partial charge in [-0.1, -0.05) is 0 Å². The number of carbonyl (C=O) groups excluding carboxylic acids is 3. The molecule has 0 saturated heterocycles. The Labute approximate surface area is 722 Å². The molecule has 24 unspecified atom stereocenters. The van der Waals surface area contributed by atoms with Crippen molar-refractivity contribution in [2.24, 2.45) is 0 Å². The molecule has 0 saturated carbocycles. The van der Waals surface area contributed by atoms with Crippen molar-refractivity contribution < 1.29 is 156 Å². The van der Waals surface area contributed by atoms with Crippen LogP contribution in [0.25, 0.3) is 0 Å². The molecule has 0 spiro atoms. The maximum Gasteiger partial charge on any atom is 0.508 e. The van der Waals surface area contributed by atoms with Crippen LogP contribution in [-0.2, 0) is 142 Å². The van der Waals surface area contributed by atoms with Crippen molar-refractivity contribution >= 4 is 18.5 Å². The van der Waals surface area contributed by atoms with Crippen LogP contribution in [0.1, 0.15) is 208 Å². The van der Waals surface area contributed by atoms with Crippen molar-refractivity contribution in [3.63, 3.8) is 0 Å². The van der Waals surface area contributed by atoms with Crippen molar-refractivity contribution in [3.05, 3.63) is 0 Å². The van der Waals surface area contributed by atoms with Gasteiger partial charge >= 0.3 is 18.5 Å². The summed E-state index contributed by atoms with van der Waals surface area (Å²) >= 11 is 0. The third-order valence-corrected chi connectivity index (χ3v) is 16.8. The lowest BCUT2D eigenvalue weighted by molar-refractivity contribution is -0.147. The molecule has 0 fully saturated rings. The van der Waals surface area contributed by atoms with Gasteiger partial charge in [-0.3, -0.25) is 0 Å². The maximum atomic E-state index is 11.7. The van der Waals surface area contributed by atoms with Crippen LogP contribution in [0, 0.1) is 0 Å². The van der Waals surface area contributed by atoms with E-state index in [1.807, 2.05) is 166 Å². The molecule has 0 N–H and O–H groups in total. The summed E-state index contributed by atoms with van der Waals surface area (Å²) in [5.74, 6) is 0. The summed E-state index contributed by atoms with van der Waals surface area (Å²) in [6.45, 7) is 65.2. The predicted molar refractivity (Wildman–Crippen MR) is 452 cm³/mol. The summed E-state index contributed by atoms with van der Waals surface area (Å²) in [5.41, 5.74) is 0. The second kappa shape index (κ2) is 71.8. The molecule has 0 rings (SSSR count). The van der Waals surface area contributed by atoms with Crippen LogP contribution in [0.5, 0.6) is 0 Å². The predicted octanol–water partition coefficient (Wildman–Crippen LogP) is 12.8. The van der Waals surface area contributed by atoms with Crippen LogP contribution < -0.4 is 0 Å². The Hall–Kier alpha value is -3.15. The van der Waals surface area contributed by atoms with Crippen molar-refractivity contribution in [1.29, 1.82) is 0 Å². The molecule has 0 aromatic carbocycles. The number of hydrogen-bond donors (Lipinski definition) is 0. The third kappa shape index (κ3) is 73.0. The van der Waals surface area contributed by atoms with E-state index in [1.165, 1.54) is 0 Å². The Morgan fingerprint density at radius 1 is 0.142 bits per heavy atom. The zero-order chi connectivity index (χ0) is 90.5. The fraction of sp³-hybridized carbons (Fsp3) is 0.966. The maximum absolute atomic E-state index is 11.7. The third-order valence-electron chi connectivity index (χ3n) is 16.8. The number of ether oxygens (including phenoxy) is 30. The minimum atomic E-state index is -0.717. The smallest absolute Gasteiger partial charge is 0.432 e. The van der Waals surface area contributed by atoms with E-state index in [0.717, 1.165) is 0 Å². The van der Waals surface area contributed by atoms with Gasteiger partial charge in [0.2, 0.25) is 0 Å². The van der Waals surface area contributed by atoms with E-state index in [1.54, 1.807) is 41.5 Å². The fourth-order valence-electron chi connectivity index (χ4n) is 9.68. The minimum absolute atomic E-state index is 0.0856. The van der Waals surface area contributed by atoms with E-state index < -0.39 is 24.6 Å². The molecule has 0 heterocycles. The first-order valence-corrected chi connectivity index (χ1v) is 43.9. The lowest BCUT2D eigenvalue weighted by Crippen LogP contribution is -2.36. The highest BCUT2D eigenvalue weighted by Gasteiger charge is 2.25. The zero-order valence-electron chi connectivity index (χ0n) is 79.5. The molecular formula is C87H170O33. The zero-order valence-corrected chi connectivity index (χ0v) is 79.5. The molecule has 0 aromatic heterocycles. The van der Waals surface area contributed by atoms with Crippen molar-refractivity contribution in [2.45, 2.75) is 379 Å². The summed E-state index contributed by atoms with van der Waals surface area (Å²) in [6, 6.07) is 0. The molecule has 0 amide bonds. The summed E-state index contributed by atoms with van der Waals surface area (Å²) in [4.78, 5) is 34.9. The fourth-order valence-corrected chi connectivity index (χ4v) is 9.68. The monoisotopic (exact) mass is 1740 g/mol. The van der Waals surface area contributed by atoms with Gasteiger partial charge in [-0.25, -0.2) is 14.4 Å².